The summed E-state index contributed by atoms with van der Waals surface area (Å²) in [7, 11) is 8.85. The van der Waals surface area contributed by atoms with E-state index in [1.54, 1.807) is 20.2 Å². The quantitative estimate of drug-likeness (QED) is 0.679. The maximum atomic E-state index is 11.3. The Hall–Kier alpha value is -1.52. The van der Waals surface area contributed by atoms with Gasteiger partial charge in [0.2, 0.25) is 7.98 Å². The Morgan fingerprint density at radius 2 is 2.21 bits per heavy atom. The number of carbonyl (C=O) groups is 1. The normalized spacial score (nSPS) is 9.64. The van der Waals surface area contributed by atoms with Gasteiger partial charge in [0.15, 0.2) is 0 Å². The molecule has 2 radical (unpaired) electrons. The summed E-state index contributed by atoms with van der Waals surface area (Å²) < 4.78 is 0. The van der Waals surface area contributed by atoms with Crippen LogP contribution in [0.2, 0.25) is 0 Å². The molecule has 1 aromatic heterocycles. The van der Waals surface area contributed by atoms with Crippen LogP contribution < -0.4 is 10.1 Å². The van der Waals surface area contributed by atoms with Crippen LogP contribution in [-0.4, -0.2) is 33.0 Å². The summed E-state index contributed by atoms with van der Waals surface area (Å²) in [4.78, 5) is 16.8. The van der Waals surface area contributed by atoms with E-state index >= 15 is 0 Å². The zero-order valence-corrected chi connectivity index (χ0v) is 8.53. The molecule has 5 heteroatoms. The summed E-state index contributed by atoms with van der Waals surface area (Å²) in [5.74, 6) is -0.211. The molecule has 0 saturated carbocycles. The number of anilines is 1. The Balaban J connectivity index is 3.13. The van der Waals surface area contributed by atoms with Gasteiger partial charge in [-0.15, -0.1) is 0 Å². The van der Waals surface area contributed by atoms with Gasteiger partial charge in [-0.2, -0.15) is 0 Å². The van der Waals surface area contributed by atoms with Crippen molar-refractivity contribution >= 4 is 19.6 Å². The van der Waals surface area contributed by atoms with Crippen LogP contribution in [0.3, 0.4) is 0 Å². The summed E-state index contributed by atoms with van der Waals surface area (Å²) in [6.45, 7) is 1.82. The molecule has 0 aliphatic rings. The molecule has 0 bridgehead atoms. The average Bonchev–Trinajstić information content (AvgIpc) is 2.15. The predicted molar refractivity (Wildman–Crippen MR) is 56.5 cm³/mol. The second-order valence-electron chi connectivity index (χ2n) is 3.04. The summed E-state index contributed by atoms with van der Waals surface area (Å²) in [6.07, 6.45) is 0. The topological polar surface area (TPSA) is 45.2 Å². The largest absolute Gasteiger partial charge is 0.427 e. The lowest BCUT2D eigenvalue weighted by Gasteiger charge is -2.14. The number of nitrogens with one attached hydrogen (secondary N) is 1. The van der Waals surface area contributed by atoms with Crippen LogP contribution in [0.5, 0.6) is 0 Å². The Morgan fingerprint density at radius 1 is 1.57 bits per heavy atom. The van der Waals surface area contributed by atoms with Crippen molar-refractivity contribution in [3.05, 3.63) is 23.5 Å². The van der Waals surface area contributed by atoms with E-state index < -0.39 is 0 Å². The van der Waals surface area contributed by atoms with E-state index in [-0.39, 0.29) is 5.91 Å². The molecular weight excluding hydrogens is 177 g/mol. The lowest BCUT2D eigenvalue weighted by atomic mass is 10.2. The highest BCUT2D eigenvalue weighted by Crippen LogP contribution is 2.13. The highest BCUT2D eigenvalue weighted by molar-refractivity contribution is 6.17. The van der Waals surface area contributed by atoms with Crippen LogP contribution in [0.25, 0.3) is 0 Å². The fraction of sp³-hybridized carbons (Fsp3) is 0.333. The van der Waals surface area contributed by atoms with Crippen molar-refractivity contribution in [1.82, 2.24) is 10.3 Å². The molecule has 4 nitrogen and oxygen atoms in total. The lowest BCUT2D eigenvalue weighted by Crippen LogP contribution is -2.21. The number of aromatic nitrogens is 1. The minimum absolute atomic E-state index is 0.211. The first-order chi connectivity index (χ1) is 6.54. The van der Waals surface area contributed by atoms with Gasteiger partial charge in [0.1, 0.15) is 5.69 Å². The monoisotopic (exact) mass is 189 g/mol. The minimum Gasteiger partial charge on any atom is -0.427 e. The van der Waals surface area contributed by atoms with Crippen molar-refractivity contribution < 1.29 is 4.79 Å². The third kappa shape index (κ3) is 2.25. The summed E-state index contributed by atoms with van der Waals surface area (Å²) in [6, 6.07) is 3.46. The zero-order valence-electron chi connectivity index (χ0n) is 8.53. The second kappa shape index (κ2) is 4.13. The molecule has 14 heavy (non-hydrogen) atoms. The Bertz CT molecular complexity index is 352. The maximum Gasteiger partial charge on any atom is 0.269 e. The van der Waals surface area contributed by atoms with Crippen LogP contribution in [0.15, 0.2) is 12.1 Å². The summed E-state index contributed by atoms with van der Waals surface area (Å²) in [5.41, 5.74) is 1.90. The second-order valence-corrected chi connectivity index (χ2v) is 3.04. The fourth-order valence-electron chi connectivity index (χ4n) is 1.10. The number of rotatable bonds is 2. The van der Waals surface area contributed by atoms with Crippen molar-refractivity contribution in [2.45, 2.75) is 6.92 Å². The summed E-state index contributed by atoms with van der Waals surface area (Å²) in [5, 5.41) is 2.51. The molecule has 0 aliphatic carbocycles. The minimum atomic E-state index is -0.211. The first kappa shape index (κ1) is 10.6. The fourth-order valence-corrected chi connectivity index (χ4v) is 1.10. The molecule has 72 valence electrons. The molecular formula is C9H12BN3O. The number of nitrogens with zero attached hydrogens (tertiary/aromatic N) is 2. The van der Waals surface area contributed by atoms with Crippen LogP contribution >= 0.6 is 0 Å². The first-order valence-electron chi connectivity index (χ1n) is 4.24. The Kier molecular flexibility index (Phi) is 3.12. The zero-order chi connectivity index (χ0) is 10.7. The van der Waals surface area contributed by atoms with Gasteiger partial charge in [-0.05, 0) is 26.1 Å². The van der Waals surface area contributed by atoms with Crippen LogP contribution in [-0.2, 0) is 0 Å². The van der Waals surface area contributed by atoms with E-state index in [9.17, 15) is 4.79 Å². The Morgan fingerprint density at radius 3 is 2.71 bits per heavy atom. The predicted octanol–water partition coefficient (Wildman–Crippen LogP) is 0.269. The third-order valence-corrected chi connectivity index (χ3v) is 1.81. The molecule has 0 atom stereocenters. The van der Waals surface area contributed by atoms with Gasteiger partial charge in [0.25, 0.3) is 5.91 Å². The number of pyridine rings is 1. The lowest BCUT2D eigenvalue weighted by molar-refractivity contribution is 0.0958. The van der Waals surface area contributed by atoms with E-state index in [1.165, 1.54) is 4.81 Å². The van der Waals surface area contributed by atoms with E-state index in [0.29, 0.717) is 5.69 Å². The molecule has 0 aliphatic heterocycles. The highest BCUT2D eigenvalue weighted by atomic mass is 16.1. The molecule has 1 heterocycles. The number of carbonyl (C=O) groups excluding carboxylic acids is 1. The molecule has 0 aromatic carbocycles. The molecule has 1 N–H and O–H groups in total. The SMILES string of the molecule is [B]N(C)c1cc(C)nc(C(=O)NC)c1. The van der Waals surface area contributed by atoms with Gasteiger partial charge < -0.3 is 10.1 Å². The van der Waals surface area contributed by atoms with Crippen LogP contribution in [0, 0.1) is 6.92 Å². The highest BCUT2D eigenvalue weighted by Gasteiger charge is 2.07. The molecule has 1 amide bonds. The molecule has 1 aromatic rings. The first-order valence-corrected chi connectivity index (χ1v) is 4.24. The maximum absolute atomic E-state index is 11.3. The van der Waals surface area contributed by atoms with E-state index in [0.717, 1.165) is 11.4 Å². The number of aryl methyl sites for hydroxylation is 1. The van der Waals surface area contributed by atoms with Crippen LogP contribution in [0.4, 0.5) is 5.69 Å². The van der Waals surface area contributed by atoms with Crippen molar-refractivity contribution in [1.29, 1.82) is 0 Å². The standard InChI is InChI=1S/C9H12BN3O/c1-6-4-7(13(3)10)5-8(12-6)9(14)11-2/h4-5H,1-3H3,(H,11,14). The van der Waals surface area contributed by atoms with Crippen molar-refractivity contribution in [3.63, 3.8) is 0 Å². The molecule has 0 spiro atoms. The molecule has 1 rings (SSSR count). The summed E-state index contributed by atoms with van der Waals surface area (Å²) >= 11 is 0. The number of hydrogen-bond acceptors (Lipinski definition) is 3. The van der Waals surface area contributed by atoms with Gasteiger partial charge in [0, 0.05) is 18.4 Å². The van der Waals surface area contributed by atoms with E-state index in [2.05, 4.69) is 10.3 Å². The van der Waals surface area contributed by atoms with Gasteiger partial charge >= 0.3 is 0 Å². The van der Waals surface area contributed by atoms with Crippen molar-refractivity contribution in [3.8, 4) is 0 Å². The molecule has 0 fully saturated rings. The third-order valence-electron chi connectivity index (χ3n) is 1.81. The van der Waals surface area contributed by atoms with Gasteiger partial charge in [-0.1, -0.05) is 0 Å². The van der Waals surface area contributed by atoms with E-state index in [1.807, 2.05) is 13.0 Å². The van der Waals surface area contributed by atoms with Crippen molar-refractivity contribution in [2.24, 2.45) is 0 Å². The van der Waals surface area contributed by atoms with Crippen LogP contribution in [0.1, 0.15) is 16.2 Å². The average molecular weight is 189 g/mol. The molecule has 0 saturated heterocycles. The van der Waals surface area contributed by atoms with Crippen molar-refractivity contribution in [2.75, 3.05) is 18.9 Å². The molecule has 0 unspecified atom stereocenters. The van der Waals surface area contributed by atoms with Gasteiger partial charge in [-0.3, -0.25) is 4.79 Å². The number of hydrogen-bond donors (Lipinski definition) is 1. The smallest absolute Gasteiger partial charge is 0.269 e. The van der Waals surface area contributed by atoms with Gasteiger partial charge in [0.05, 0.1) is 0 Å². The van der Waals surface area contributed by atoms with E-state index in [4.69, 9.17) is 7.98 Å². The number of amides is 1. The Labute approximate surface area is 84.8 Å². The van der Waals surface area contributed by atoms with Gasteiger partial charge in [-0.25, -0.2) is 4.98 Å².